The molecule has 3 rings (SSSR count). The summed E-state index contributed by atoms with van der Waals surface area (Å²) >= 11 is 0. The number of carbonyl (C=O) groups is 2. The SMILES string of the molecule is CC(NC(=O)c1ccc(C(C)(C)C)cc1)C(=O)N1CCN(c2cccc(C(F)(F)F)c2)CC1. The summed E-state index contributed by atoms with van der Waals surface area (Å²) in [5, 5.41) is 2.75. The lowest BCUT2D eigenvalue weighted by molar-refractivity contribution is -0.137. The van der Waals surface area contributed by atoms with Crippen molar-refractivity contribution < 1.29 is 22.8 Å². The topological polar surface area (TPSA) is 52.7 Å². The standard InChI is InChI=1S/C25H30F3N3O2/c1-17(29-22(32)18-8-10-19(11-9-18)24(2,3)4)23(33)31-14-12-30(13-15-31)21-7-5-6-20(16-21)25(26,27)28/h5-11,16-17H,12-15H2,1-4H3,(H,29,32). The summed E-state index contributed by atoms with van der Waals surface area (Å²) in [4.78, 5) is 28.9. The Morgan fingerprint density at radius 2 is 1.52 bits per heavy atom. The van der Waals surface area contributed by atoms with Gasteiger partial charge in [0.2, 0.25) is 5.91 Å². The van der Waals surface area contributed by atoms with Crippen molar-refractivity contribution in [1.29, 1.82) is 0 Å². The van der Waals surface area contributed by atoms with Crippen LogP contribution in [0.5, 0.6) is 0 Å². The molecule has 8 heteroatoms. The Labute approximate surface area is 192 Å². The van der Waals surface area contributed by atoms with Gasteiger partial charge in [0.1, 0.15) is 6.04 Å². The Kier molecular flexibility index (Phi) is 7.05. The van der Waals surface area contributed by atoms with Gasteiger partial charge in [-0.2, -0.15) is 13.2 Å². The van der Waals surface area contributed by atoms with E-state index in [1.54, 1.807) is 30.0 Å². The minimum atomic E-state index is -4.39. The second-order valence-corrected chi connectivity index (χ2v) is 9.38. The van der Waals surface area contributed by atoms with Crippen LogP contribution in [0.4, 0.5) is 18.9 Å². The van der Waals surface area contributed by atoms with Gasteiger partial charge in [0.25, 0.3) is 5.91 Å². The van der Waals surface area contributed by atoms with E-state index in [1.807, 2.05) is 17.0 Å². The number of nitrogens with one attached hydrogen (secondary N) is 1. The Bertz CT molecular complexity index is 989. The van der Waals surface area contributed by atoms with Crippen LogP contribution in [-0.4, -0.2) is 48.9 Å². The summed E-state index contributed by atoms with van der Waals surface area (Å²) in [7, 11) is 0. The summed E-state index contributed by atoms with van der Waals surface area (Å²) < 4.78 is 39.0. The first kappa shape index (κ1) is 24.6. The van der Waals surface area contributed by atoms with E-state index in [4.69, 9.17) is 0 Å². The van der Waals surface area contributed by atoms with Gasteiger partial charge in [0.15, 0.2) is 0 Å². The number of amides is 2. The number of alkyl halides is 3. The van der Waals surface area contributed by atoms with Crippen LogP contribution < -0.4 is 10.2 Å². The molecule has 0 spiro atoms. The van der Waals surface area contributed by atoms with Gasteiger partial charge in [-0.1, -0.05) is 39.0 Å². The van der Waals surface area contributed by atoms with Crippen LogP contribution in [0.2, 0.25) is 0 Å². The molecule has 1 fully saturated rings. The van der Waals surface area contributed by atoms with Crippen LogP contribution in [0.25, 0.3) is 0 Å². The number of nitrogens with zero attached hydrogens (tertiary/aromatic N) is 2. The third-order valence-corrected chi connectivity index (χ3v) is 5.86. The van der Waals surface area contributed by atoms with Gasteiger partial charge in [-0.05, 0) is 48.2 Å². The Hall–Kier alpha value is -3.03. The second kappa shape index (κ2) is 9.45. The summed E-state index contributed by atoms with van der Waals surface area (Å²) in [6, 6.07) is 11.8. The van der Waals surface area contributed by atoms with Crippen LogP contribution in [0.15, 0.2) is 48.5 Å². The molecule has 2 amide bonds. The molecule has 2 aromatic carbocycles. The van der Waals surface area contributed by atoms with Gasteiger partial charge in [-0.15, -0.1) is 0 Å². The Balaban J connectivity index is 1.55. The zero-order valence-electron chi connectivity index (χ0n) is 19.4. The minimum Gasteiger partial charge on any atom is -0.368 e. The number of carbonyl (C=O) groups excluding carboxylic acids is 2. The highest BCUT2D eigenvalue weighted by molar-refractivity contribution is 5.97. The van der Waals surface area contributed by atoms with Crippen LogP contribution in [0.1, 0.15) is 49.2 Å². The third-order valence-electron chi connectivity index (χ3n) is 5.86. The van der Waals surface area contributed by atoms with Crippen molar-refractivity contribution in [3.8, 4) is 0 Å². The zero-order chi connectivity index (χ0) is 24.4. The molecule has 1 N–H and O–H groups in total. The van der Waals surface area contributed by atoms with E-state index in [9.17, 15) is 22.8 Å². The molecular formula is C25H30F3N3O2. The highest BCUT2D eigenvalue weighted by Gasteiger charge is 2.31. The monoisotopic (exact) mass is 461 g/mol. The maximum Gasteiger partial charge on any atom is 0.416 e. The molecule has 1 saturated heterocycles. The smallest absolute Gasteiger partial charge is 0.368 e. The molecule has 178 valence electrons. The predicted octanol–water partition coefficient (Wildman–Crippen LogP) is 4.47. The van der Waals surface area contributed by atoms with Crippen molar-refractivity contribution in [3.05, 3.63) is 65.2 Å². The highest BCUT2D eigenvalue weighted by Crippen LogP contribution is 2.32. The van der Waals surface area contributed by atoms with E-state index < -0.39 is 17.8 Å². The Morgan fingerprint density at radius 3 is 2.06 bits per heavy atom. The van der Waals surface area contributed by atoms with E-state index in [2.05, 4.69) is 26.1 Å². The van der Waals surface area contributed by atoms with E-state index >= 15 is 0 Å². The van der Waals surface area contributed by atoms with Crippen molar-refractivity contribution in [1.82, 2.24) is 10.2 Å². The van der Waals surface area contributed by atoms with Crippen molar-refractivity contribution >= 4 is 17.5 Å². The quantitative estimate of drug-likeness (QED) is 0.731. The fourth-order valence-corrected chi connectivity index (χ4v) is 3.80. The molecule has 0 aliphatic carbocycles. The number of benzene rings is 2. The molecule has 1 atom stereocenters. The average molecular weight is 462 g/mol. The molecule has 2 aromatic rings. The summed E-state index contributed by atoms with van der Waals surface area (Å²) in [6.07, 6.45) is -4.39. The molecule has 1 unspecified atom stereocenters. The molecular weight excluding hydrogens is 431 g/mol. The number of anilines is 1. The largest absolute Gasteiger partial charge is 0.416 e. The molecule has 1 aliphatic rings. The van der Waals surface area contributed by atoms with E-state index in [-0.39, 0.29) is 17.2 Å². The van der Waals surface area contributed by atoms with Crippen LogP contribution in [0.3, 0.4) is 0 Å². The second-order valence-electron chi connectivity index (χ2n) is 9.38. The summed E-state index contributed by atoms with van der Waals surface area (Å²) in [5.74, 6) is -0.530. The molecule has 0 bridgehead atoms. The number of hydrogen-bond acceptors (Lipinski definition) is 3. The molecule has 0 saturated carbocycles. The van der Waals surface area contributed by atoms with E-state index in [1.165, 1.54) is 6.07 Å². The van der Waals surface area contributed by atoms with Gasteiger partial charge >= 0.3 is 6.18 Å². The van der Waals surface area contributed by atoms with Crippen molar-refractivity contribution in [3.63, 3.8) is 0 Å². The summed E-state index contributed by atoms with van der Waals surface area (Å²) in [5.41, 5.74) is 1.37. The van der Waals surface area contributed by atoms with Crippen LogP contribution in [0, 0.1) is 0 Å². The maximum atomic E-state index is 13.0. The predicted molar refractivity (Wildman–Crippen MR) is 122 cm³/mol. The fraction of sp³-hybridized carbons (Fsp3) is 0.440. The van der Waals surface area contributed by atoms with Gasteiger partial charge in [0, 0.05) is 37.4 Å². The first-order chi connectivity index (χ1) is 15.4. The number of rotatable bonds is 4. The Morgan fingerprint density at radius 1 is 0.909 bits per heavy atom. The van der Waals surface area contributed by atoms with E-state index in [0.717, 1.165) is 17.7 Å². The van der Waals surface area contributed by atoms with Crippen molar-refractivity contribution in [2.24, 2.45) is 0 Å². The minimum absolute atomic E-state index is 0.0194. The third kappa shape index (κ3) is 6.06. The first-order valence-corrected chi connectivity index (χ1v) is 11.0. The molecule has 1 heterocycles. The van der Waals surface area contributed by atoms with Gasteiger partial charge in [-0.3, -0.25) is 9.59 Å². The number of piperazine rings is 1. The van der Waals surface area contributed by atoms with Crippen LogP contribution in [-0.2, 0) is 16.4 Å². The molecule has 1 aliphatic heterocycles. The molecule has 0 aromatic heterocycles. The van der Waals surface area contributed by atoms with Gasteiger partial charge in [0.05, 0.1) is 5.56 Å². The molecule has 33 heavy (non-hydrogen) atoms. The van der Waals surface area contributed by atoms with Gasteiger partial charge < -0.3 is 15.1 Å². The maximum absolute atomic E-state index is 13.0. The fourth-order valence-electron chi connectivity index (χ4n) is 3.80. The lowest BCUT2D eigenvalue weighted by atomic mass is 9.86. The zero-order valence-corrected chi connectivity index (χ0v) is 19.4. The number of halogens is 3. The average Bonchev–Trinajstić information content (AvgIpc) is 2.77. The van der Waals surface area contributed by atoms with Crippen molar-refractivity contribution in [2.45, 2.75) is 45.3 Å². The summed E-state index contributed by atoms with van der Waals surface area (Å²) in [6.45, 7) is 9.50. The normalized spacial score (nSPS) is 15.8. The lowest BCUT2D eigenvalue weighted by Crippen LogP contribution is -2.54. The molecule has 0 radical (unpaired) electrons. The van der Waals surface area contributed by atoms with Crippen LogP contribution >= 0.6 is 0 Å². The number of hydrogen-bond donors (Lipinski definition) is 1. The first-order valence-electron chi connectivity index (χ1n) is 11.0. The lowest BCUT2D eigenvalue weighted by Gasteiger charge is -2.37. The van der Waals surface area contributed by atoms with E-state index in [0.29, 0.717) is 37.4 Å². The molecule has 5 nitrogen and oxygen atoms in total. The van der Waals surface area contributed by atoms with Gasteiger partial charge in [-0.25, -0.2) is 0 Å². The van der Waals surface area contributed by atoms with Crippen molar-refractivity contribution in [2.75, 3.05) is 31.1 Å². The highest BCUT2D eigenvalue weighted by atomic mass is 19.4.